The van der Waals surface area contributed by atoms with E-state index in [1.54, 1.807) is 14.2 Å². The van der Waals surface area contributed by atoms with Gasteiger partial charge in [0.1, 0.15) is 0 Å². The second-order valence-corrected chi connectivity index (χ2v) is 6.43. The van der Waals surface area contributed by atoms with E-state index in [1.807, 2.05) is 12.1 Å². The molecule has 0 aromatic heterocycles. The average Bonchev–Trinajstić information content (AvgIpc) is 2.54. The van der Waals surface area contributed by atoms with Crippen LogP contribution in [0.3, 0.4) is 0 Å². The third kappa shape index (κ3) is 4.54. The van der Waals surface area contributed by atoms with Gasteiger partial charge in [-0.25, -0.2) is 0 Å². The van der Waals surface area contributed by atoms with Gasteiger partial charge in [0, 0.05) is 0 Å². The number of hydrogen-bond acceptors (Lipinski definition) is 4. The molecule has 1 fully saturated rings. The molecule has 0 heterocycles. The predicted octanol–water partition coefficient (Wildman–Crippen LogP) is 3.37. The van der Waals surface area contributed by atoms with Crippen molar-refractivity contribution in [1.29, 1.82) is 0 Å². The Labute approximate surface area is 133 Å². The third-order valence-electron chi connectivity index (χ3n) is 4.70. The van der Waals surface area contributed by atoms with Crippen LogP contribution in [0.15, 0.2) is 12.1 Å². The van der Waals surface area contributed by atoms with E-state index in [0.717, 1.165) is 36.9 Å². The van der Waals surface area contributed by atoms with Gasteiger partial charge in [0.2, 0.25) is 5.75 Å². The van der Waals surface area contributed by atoms with Gasteiger partial charge in [0.05, 0.1) is 14.2 Å². The van der Waals surface area contributed by atoms with E-state index in [2.05, 4.69) is 12.2 Å². The molecule has 1 aromatic rings. The monoisotopic (exact) mass is 307 g/mol. The molecular formula is C18H29NO3. The Morgan fingerprint density at radius 2 is 1.68 bits per heavy atom. The summed E-state index contributed by atoms with van der Waals surface area (Å²) in [5.41, 5.74) is 1.11. The van der Waals surface area contributed by atoms with Crippen molar-refractivity contribution in [1.82, 2.24) is 5.32 Å². The predicted molar refractivity (Wildman–Crippen MR) is 88.9 cm³/mol. The van der Waals surface area contributed by atoms with Crippen molar-refractivity contribution in [3.05, 3.63) is 17.7 Å². The van der Waals surface area contributed by atoms with Crippen LogP contribution in [0.5, 0.6) is 17.2 Å². The molecule has 1 aliphatic carbocycles. The molecule has 0 bridgehead atoms. The zero-order valence-corrected chi connectivity index (χ0v) is 14.0. The minimum absolute atomic E-state index is 0.0676. The van der Waals surface area contributed by atoms with Gasteiger partial charge in [0.25, 0.3) is 0 Å². The van der Waals surface area contributed by atoms with E-state index in [1.165, 1.54) is 25.7 Å². The molecule has 2 rings (SSSR count). The molecular weight excluding hydrogens is 278 g/mol. The lowest BCUT2D eigenvalue weighted by Gasteiger charge is -2.26. The summed E-state index contributed by atoms with van der Waals surface area (Å²) in [4.78, 5) is 0. The summed E-state index contributed by atoms with van der Waals surface area (Å²) < 4.78 is 10.4. The summed E-state index contributed by atoms with van der Waals surface area (Å²) in [5.74, 6) is 2.75. The Bertz CT molecular complexity index is 442. The van der Waals surface area contributed by atoms with Gasteiger partial charge in [-0.2, -0.15) is 0 Å². The Balaban J connectivity index is 1.79. The first kappa shape index (κ1) is 16.9. The number of aromatic hydroxyl groups is 1. The number of ether oxygens (including phenoxy) is 2. The molecule has 0 saturated heterocycles. The van der Waals surface area contributed by atoms with Gasteiger partial charge < -0.3 is 19.9 Å². The van der Waals surface area contributed by atoms with Crippen molar-refractivity contribution in [2.45, 2.75) is 39.0 Å². The van der Waals surface area contributed by atoms with Crippen LogP contribution in [-0.2, 0) is 6.42 Å². The fourth-order valence-electron chi connectivity index (χ4n) is 3.16. The highest BCUT2D eigenvalue weighted by atomic mass is 16.5. The van der Waals surface area contributed by atoms with Crippen LogP contribution in [0.25, 0.3) is 0 Å². The number of methoxy groups -OCH3 is 2. The van der Waals surface area contributed by atoms with Gasteiger partial charge in [-0.1, -0.05) is 19.8 Å². The normalized spacial score (nSPS) is 21.6. The lowest BCUT2D eigenvalue weighted by atomic mass is 9.83. The van der Waals surface area contributed by atoms with E-state index in [0.29, 0.717) is 11.5 Å². The third-order valence-corrected chi connectivity index (χ3v) is 4.70. The highest BCUT2D eigenvalue weighted by Crippen LogP contribution is 2.37. The Kier molecular flexibility index (Phi) is 6.37. The number of rotatable bonds is 7. The van der Waals surface area contributed by atoms with Gasteiger partial charge in [-0.3, -0.25) is 0 Å². The van der Waals surface area contributed by atoms with Gasteiger partial charge in [-0.05, 0) is 61.9 Å². The number of phenolic OH excluding ortho intramolecular Hbond substituents is 1. The highest BCUT2D eigenvalue weighted by Gasteiger charge is 2.17. The number of phenols is 1. The van der Waals surface area contributed by atoms with Gasteiger partial charge in [-0.15, -0.1) is 0 Å². The summed E-state index contributed by atoms with van der Waals surface area (Å²) in [7, 11) is 3.11. The largest absolute Gasteiger partial charge is 0.502 e. The van der Waals surface area contributed by atoms with Gasteiger partial charge in [0.15, 0.2) is 11.5 Å². The zero-order valence-electron chi connectivity index (χ0n) is 14.0. The molecule has 1 aromatic carbocycles. The molecule has 0 amide bonds. The van der Waals surface area contributed by atoms with Crippen LogP contribution < -0.4 is 14.8 Å². The van der Waals surface area contributed by atoms with E-state index < -0.39 is 0 Å². The van der Waals surface area contributed by atoms with E-state index >= 15 is 0 Å². The summed E-state index contributed by atoms with van der Waals surface area (Å²) in [6.45, 7) is 4.40. The number of benzene rings is 1. The van der Waals surface area contributed by atoms with Crippen molar-refractivity contribution in [3.8, 4) is 17.2 Å². The molecule has 22 heavy (non-hydrogen) atoms. The first-order chi connectivity index (χ1) is 10.6. The van der Waals surface area contributed by atoms with Crippen LogP contribution in [0.4, 0.5) is 0 Å². The Morgan fingerprint density at radius 3 is 2.23 bits per heavy atom. The molecule has 0 spiro atoms. The van der Waals surface area contributed by atoms with Crippen molar-refractivity contribution in [2.75, 3.05) is 27.3 Å². The molecule has 0 radical (unpaired) electrons. The Hall–Kier alpha value is -1.42. The summed E-state index contributed by atoms with van der Waals surface area (Å²) in [6.07, 6.45) is 6.36. The smallest absolute Gasteiger partial charge is 0.200 e. The van der Waals surface area contributed by atoms with Crippen LogP contribution in [0.1, 0.15) is 38.2 Å². The summed E-state index contributed by atoms with van der Waals surface area (Å²) >= 11 is 0. The Morgan fingerprint density at radius 1 is 1.09 bits per heavy atom. The number of hydrogen-bond donors (Lipinski definition) is 2. The van der Waals surface area contributed by atoms with E-state index in [9.17, 15) is 5.11 Å². The van der Waals surface area contributed by atoms with E-state index in [4.69, 9.17) is 9.47 Å². The first-order valence-corrected chi connectivity index (χ1v) is 8.28. The lowest BCUT2D eigenvalue weighted by molar-refractivity contribution is 0.282. The molecule has 0 atom stereocenters. The maximum absolute atomic E-state index is 9.91. The quantitative estimate of drug-likeness (QED) is 0.758. The maximum Gasteiger partial charge on any atom is 0.200 e. The molecule has 1 aliphatic rings. The van der Waals surface area contributed by atoms with Gasteiger partial charge >= 0.3 is 0 Å². The fourth-order valence-corrected chi connectivity index (χ4v) is 3.16. The SMILES string of the molecule is COc1cc(CCNCC2CCC(C)CC2)cc(OC)c1O. The molecule has 4 heteroatoms. The fraction of sp³-hybridized carbons (Fsp3) is 0.667. The zero-order chi connectivity index (χ0) is 15.9. The topological polar surface area (TPSA) is 50.7 Å². The van der Waals surface area contributed by atoms with Crippen molar-refractivity contribution < 1.29 is 14.6 Å². The van der Waals surface area contributed by atoms with Crippen molar-refractivity contribution >= 4 is 0 Å². The van der Waals surface area contributed by atoms with Crippen LogP contribution >= 0.6 is 0 Å². The maximum atomic E-state index is 9.91. The molecule has 0 aliphatic heterocycles. The second kappa shape index (κ2) is 8.28. The van der Waals surface area contributed by atoms with E-state index in [-0.39, 0.29) is 5.75 Å². The molecule has 2 N–H and O–H groups in total. The highest BCUT2D eigenvalue weighted by molar-refractivity contribution is 5.52. The minimum atomic E-state index is 0.0676. The van der Waals surface area contributed by atoms with Crippen LogP contribution in [0.2, 0.25) is 0 Å². The molecule has 4 nitrogen and oxygen atoms in total. The average molecular weight is 307 g/mol. The summed E-state index contributed by atoms with van der Waals surface area (Å²) in [5, 5.41) is 13.5. The minimum Gasteiger partial charge on any atom is -0.502 e. The summed E-state index contributed by atoms with van der Waals surface area (Å²) in [6, 6.07) is 3.75. The van der Waals surface area contributed by atoms with Crippen LogP contribution in [-0.4, -0.2) is 32.4 Å². The van der Waals surface area contributed by atoms with Crippen molar-refractivity contribution in [2.24, 2.45) is 11.8 Å². The second-order valence-electron chi connectivity index (χ2n) is 6.43. The van der Waals surface area contributed by atoms with Crippen molar-refractivity contribution in [3.63, 3.8) is 0 Å². The molecule has 124 valence electrons. The standard InChI is InChI=1S/C18H29NO3/c1-13-4-6-14(7-5-13)12-19-9-8-15-10-16(21-2)18(20)17(11-15)22-3/h10-11,13-14,19-20H,4-9,12H2,1-3H3. The first-order valence-electron chi connectivity index (χ1n) is 8.28. The molecule has 1 saturated carbocycles. The lowest BCUT2D eigenvalue weighted by Crippen LogP contribution is -2.27. The molecule has 0 unspecified atom stereocenters. The van der Waals surface area contributed by atoms with Crippen LogP contribution in [0, 0.1) is 11.8 Å². The number of nitrogens with one attached hydrogen (secondary N) is 1.